The summed E-state index contributed by atoms with van der Waals surface area (Å²) in [7, 11) is 0. The minimum Gasteiger partial charge on any atom is -0.457 e. The van der Waals surface area contributed by atoms with E-state index >= 15 is 0 Å². The number of esters is 1. The second-order valence-corrected chi connectivity index (χ2v) is 9.21. The van der Waals surface area contributed by atoms with Gasteiger partial charge >= 0.3 is 5.97 Å². The number of hydrogen-bond donors (Lipinski definition) is 0. The Labute approximate surface area is 189 Å². The number of carbonyl (C=O) groups excluding carboxylic acids is 1. The molecule has 0 radical (unpaired) electrons. The molecule has 1 aliphatic rings. The molecule has 0 amide bonds. The first-order chi connectivity index (χ1) is 15.3. The molecule has 3 aromatic rings. The Balaban J connectivity index is 1.45. The highest BCUT2D eigenvalue weighted by Crippen LogP contribution is 2.54. The maximum absolute atomic E-state index is 12.9. The molecule has 3 aromatic carbocycles. The molecular weight excluding hydrogens is 398 g/mol. The number of carbonyl (C=O) groups is 1. The van der Waals surface area contributed by atoms with Gasteiger partial charge in [-0.05, 0) is 47.2 Å². The van der Waals surface area contributed by atoms with Crippen molar-refractivity contribution in [1.82, 2.24) is 0 Å². The summed E-state index contributed by atoms with van der Waals surface area (Å²) in [6, 6.07) is 27.0. The van der Waals surface area contributed by atoms with E-state index in [0.29, 0.717) is 17.1 Å². The van der Waals surface area contributed by atoms with Crippen molar-refractivity contribution in [1.29, 1.82) is 5.26 Å². The lowest BCUT2D eigenvalue weighted by Crippen LogP contribution is -2.49. The average molecular weight is 426 g/mol. The van der Waals surface area contributed by atoms with E-state index in [1.165, 1.54) is 11.1 Å². The average Bonchev–Trinajstić information content (AvgIpc) is 2.77. The summed E-state index contributed by atoms with van der Waals surface area (Å²) in [6.45, 7) is 6.40. The number of fused-ring (bicyclic) bond motifs is 1. The summed E-state index contributed by atoms with van der Waals surface area (Å²) >= 11 is 0. The summed E-state index contributed by atoms with van der Waals surface area (Å²) in [5.74, 6) is 0.913. The Morgan fingerprint density at radius 2 is 1.72 bits per heavy atom. The third kappa shape index (κ3) is 4.11. The summed E-state index contributed by atoms with van der Waals surface area (Å²) < 4.78 is 11.5. The first-order valence-corrected chi connectivity index (χ1v) is 10.8. The van der Waals surface area contributed by atoms with E-state index in [1.807, 2.05) is 48.5 Å². The second kappa shape index (κ2) is 8.51. The van der Waals surface area contributed by atoms with Gasteiger partial charge in [0, 0.05) is 11.0 Å². The number of para-hydroxylation sites is 1. The highest BCUT2D eigenvalue weighted by molar-refractivity contribution is 5.71. The fourth-order valence-electron chi connectivity index (χ4n) is 4.45. The van der Waals surface area contributed by atoms with Gasteiger partial charge in [-0.25, -0.2) is 0 Å². The van der Waals surface area contributed by atoms with Crippen molar-refractivity contribution in [2.24, 2.45) is 5.41 Å². The van der Waals surface area contributed by atoms with Crippen LogP contribution in [0.1, 0.15) is 50.0 Å². The van der Waals surface area contributed by atoms with Crippen LogP contribution in [0.3, 0.4) is 0 Å². The number of nitrogens with zero attached hydrogens (tertiary/aromatic N) is 1. The van der Waals surface area contributed by atoms with Crippen molar-refractivity contribution < 1.29 is 14.3 Å². The van der Waals surface area contributed by atoms with Crippen LogP contribution in [0.2, 0.25) is 0 Å². The largest absolute Gasteiger partial charge is 0.457 e. The quantitative estimate of drug-likeness (QED) is 0.405. The van der Waals surface area contributed by atoms with Gasteiger partial charge in [0.1, 0.15) is 17.6 Å². The zero-order chi connectivity index (χ0) is 22.8. The molecule has 0 spiro atoms. The van der Waals surface area contributed by atoms with E-state index in [-0.39, 0.29) is 23.2 Å². The van der Waals surface area contributed by atoms with E-state index in [1.54, 1.807) is 18.2 Å². The normalized spacial score (nSPS) is 17.9. The maximum atomic E-state index is 12.9. The number of ether oxygens (including phenoxy) is 2. The Kier molecular flexibility index (Phi) is 5.76. The molecule has 0 saturated carbocycles. The molecule has 0 fully saturated rings. The fourth-order valence-corrected chi connectivity index (χ4v) is 4.45. The molecule has 0 bridgehead atoms. The van der Waals surface area contributed by atoms with E-state index in [9.17, 15) is 10.1 Å². The molecule has 0 aromatic heterocycles. The van der Waals surface area contributed by atoms with Crippen molar-refractivity contribution in [3.05, 3.63) is 95.6 Å². The van der Waals surface area contributed by atoms with E-state index in [0.717, 1.165) is 6.42 Å². The summed E-state index contributed by atoms with van der Waals surface area (Å²) in [6.07, 6.45) is 0.180. The topological polar surface area (TPSA) is 59.3 Å². The van der Waals surface area contributed by atoms with Crippen molar-refractivity contribution in [2.45, 2.75) is 45.1 Å². The third-order valence-corrected chi connectivity index (χ3v) is 6.74. The predicted octanol–water partition coefficient (Wildman–Crippen LogP) is 6.52. The number of hydrogen-bond acceptors (Lipinski definition) is 4. The third-order valence-electron chi connectivity index (χ3n) is 6.74. The SMILES string of the molecule is CC(C)(CC(=O)OC(C#N)c1cccc(Oc2ccccc2)c1)C1(C)Cc2ccccc21. The molecule has 4 heteroatoms. The van der Waals surface area contributed by atoms with Crippen LogP contribution in [0.15, 0.2) is 78.9 Å². The van der Waals surface area contributed by atoms with Crippen LogP contribution in [-0.2, 0) is 21.4 Å². The standard InChI is InChI=1S/C28H27NO3/c1-27(2,28(3)17-21-10-7-8-15-24(21)28)18-26(30)32-25(19-29)20-11-9-14-23(16-20)31-22-12-5-4-6-13-22/h4-16,25H,17-18H2,1-3H3. The monoisotopic (exact) mass is 425 g/mol. The van der Waals surface area contributed by atoms with Crippen LogP contribution in [0.25, 0.3) is 0 Å². The fraction of sp³-hybridized carbons (Fsp3) is 0.286. The van der Waals surface area contributed by atoms with Crippen molar-refractivity contribution >= 4 is 5.97 Å². The van der Waals surface area contributed by atoms with Crippen LogP contribution in [0.5, 0.6) is 11.5 Å². The van der Waals surface area contributed by atoms with Crippen LogP contribution in [-0.4, -0.2) is 5.97 Å². The minimum atomic E-state index is -0.987. The molecule has 162 valence electrons. The molecule has 4 nitrogen and oxygen atoms in total. The van der Waals surface area contributed by atoms with Crippen LogP contribution >= 0.6 is 0 Å². The predicted molar refractivity (Wildman–Crippen MR) is 123 cm³/mol. The number of rotatable bonds is 7. The lowest BCUT2D eigenvalue weighted by atomic mass is 9.52. The van der Waals surface area contributed by atoms with E-state index in [4.69, 9.17) is 9.47 Å². The molecule has 1 aliphatic carbocycles. The molecule has 2 unspecified atom stereocenters. The first-order valence-electron chi connectivity index (χ1n) is 10.8. The molecule has 0 heterocycles. The molecule has 2 atom stereocenters. The van der Waals surface area contributed by atoms with Gasteiger partial charge in [-0.15, -0.1) is 0 Å². The van der Waals surface area contributed by atoms with Gasteiger partial charge in [0.05, 0.1) is 6.42 Å². The zero-order valence-electron chi connectivity index (χ0n) is 18.7. The van der Waals surface area contributed by atoms with Gasteiger partial charge < -0.3 is 9.47 Å². The van der Waals surface area contributed by atoms with Crippen molar-refractivity contribution in [3.63, 3.8) is 0 Å². The van der Waals surface area contributed by atoms with Gasteiger partial charge in [-0.1, -0.05) is 75.4 Å². The summed E-state index contributed by atoms with van der Waals surface area (Å²) in [5, 5.41) is 9.69. The van der Waals surface area contributed by atoms with Crippen LogP contribution in [0, 0.1) is 16.7 Å². The van der Waals surface area contributed by atoms with Crippen molar-refractivity contribution in [2.75, 3.05) is 0 Å². The highest BCUT2D eigenvalue weighted by Gasteiger charge is 2.50. The van der Waals surface area contributed by atoms with Gasteiger partial charge in [0.15, 0.2) is 0 Å². The molecule has 0 saturated heterocycles. The summed E-state index contributed by atoms with van der Waals surface area (Å²) in [4.78, 5) is 12.9. The zero-order valence-corrected chi connectivity index (χ0v) is 18.7. The second-order valence-electron chi connectivity index (χ2n) is 9.21. The minimum absolute atomic E-state index is 0.103. The molecule has 0 N–H and O–H groups in total. The smallest absolute Gasteiger partial charge is 0.308 e. The molecule has 32 heavy (non-hydrogen) atoms. The first kappa shape index (κ1) is 21.6. The Morgan fingerprint density at radius 3 is 2.44 bits per heavy atom. The lowest BCUT2D eigenvalue weighted by Gasteiger charge is -2.52. The Bertz CT molecular complexity index is 1160. The lowest BCUT2D eigenvalue weighted by molar-refractivity contribution is -0.150. The maximum Gasteiger partial charge on any atom is 0.308 e. The van der Waals surface area contributed by atoms with Gasteiger partial charge in [0.2, 0.25) is 6.10 Å². The Hall–Kier alpha value is -3.58. The van der Waals surface area contributed by atoms with E-state index < -0.39 is 6.10 Å². The summed E-state index contributed by atoms with van der Waals surface area (Å²) in [5.41, 5.74) is 2.81. The van der Waals surface area contributed by atoms with E-state index in [2.05, 4.69) is 39.0 Å². The molecule has 0 aliphatic heterocycles. The Morgan fingerprint density at radius 1 is 1.03 bits per heavy atom. The highest BCUT2D eigenvalue weighted by atomic mass is 16.5. The van der Waals surface area contributed by atoms with Crippen LogP contribution < -0.4 is 4.74 Å². The molecule has 4 rings (SSSR count). The number of nitriles is 1. The van der Waals surface area contributed by atoms with Crippen LogP contribution in [0.4, 0.5) is 0 Å². The van der Waals surface area contributed by atoms with Crippen molar-refractivity contribution in [3.8, 4) is 17.6 Å². The molecular formula is C28H27NO3. The van der Waals surface area contributed by atoms with Gasteiger partial charge in [-0.2, -0.15) is 5.26 Å². The number of benzene rings is 3. The van der Waals surface area contributed by atoms with Gasteiger partial charge in [0.25, 0.3) is 0 Å². The van der Waals surface area contributed by atoms with Gasteiger partial charge in [-0.3, -0.25) is 4.79 Å².